The largest absolute Gasteiger partial charge is 1.00 e. The van der Waals surface area contributed by atoms with Crippen molar-refractivity contribution in [2.45, 2.75) is 11.1 Å². The minimum absolute atomic E-state index is 0. The van der Waals surface area contributed by atoms with Gasteiger partial charge in [-0.15, -0.1) is 11.3 Å². The summed E-state index contributed by atoms with van der Waals surface area (Å²) in [5.74, 6) is 0. The first-order valence-corrected chi connectivity index (χ1v) is 4.75. The van der Waals surface area contributed by atoms with E-state index < -0.39 is 16.0 Å². The van der Waals surface area contributed by atoms with Crippen LogP contribution in [0.2, 0.25) is 0 Å². The number of hydrogen-bond donors (Lipinski definition) is 0. The molecule has 0 aliphatic rings. The average Bonchev–Trinajstić information content (AvgIpc) is 2.30. The van der Waals surface area contributed by atoms with Crippen molar-refractivity contribution in [1.82, 2.24) is 0 Å². The fraction of sp³-hybridized carbons (Fsp3) is 0.200. The van der Waals surface area contributed by atoms with Gasteiger partial charge in [-0.1, -0.05) is 0 Å². The van der Waals surface area contributed by atoms with Gasteiger partial charge in [-0.2, -0.15) is 0 Å². The van der Waals surface area contributed by atoms with Gasteiger partial charge in [0.15, 0.2) is 0 Å². The van der Waals surface area contributed by atoms with Gasteiger partial charge in [0.1, 0.15) is 0 Å². The third-order valence-electron chi connectivity index (χ3n) is 1.23. The van der Waals surface area contributed by atoms with E-state index in [0.29, 0.717) is 4.88 Å². The molecule has 1 aromatic heterocycles. The molecule has 0 radical (unpaired) electrons. The maximum Gasteiger partial charge on any atom is 1.00 e. The molecular formula is C5H4NNaO4S2. The van der Waals surface area contributed by atoms with Crippen LogP contribution in [0.1, 0.15) is 4.88 Å². The Labute approximate surface area is 103 Å². The van der Waals surface area contributed by atoms with Crippen LogP contribution in [0, 0.1) is 17.0 Å². The van der Waals surface area contributed by atoms with Crippen molar-refractivity contribution >= 4 is 28.1 Å². The van der Waals surface area contributed by atoms with Gasteiger partial charge < -0.3 is 4.55 Å². The second-order valence-electron chi connectivity index (χ2n) is 2.00. The van der Waals surface area contributed by atoms with E-state index in [9.17, 15) is 18.9 Å². The fourth-order valence-corrected chi connectivity index (χ4v) is 2.27. The second kappa shape index (κ2) is 5.18. The molecule has 0 spiro atoms. The van der Waals surface area contributed by atoms with Crippen LogP contribution in [-0.2, 0) is 11.1 Å². The van der Waals surface area contributed by atoms with Crippen LogP contribution in [0.15, 0.2) is 10.3 Å². The predicted octanol–water partition coefficient (Wildman–Crippen LogP) is -1.79. The molecule has 0 aliphatic carbocycles. The first-order chi connectivity index (χ1) is 5.52. The van der Waals surface area contributed by atoms with Crippen molar-refractivity contribution in [3.8, 4) is 0 Å². The molecule has 0 fully saturated rings. The summed E-state index contributed by atoms with van der Waals surface area (Å²) in [7, 11) is 0. The number of aryl methyl sites for hydroxylation is 1. The van der Waals surface area contributed by atoms with Gasteiger partial charge in [-0.25, -0.2) is 0 Å². The van der Waals surface area contributed by atoms with Gasteiger partial charge in [-0.3, -0.25) is 14.3 Å². The monoisotopic (exact) mass is 229 g/mol. The molecule has 1 atom stereocenters. The number of rotatable bonds is 2. The molecule has 0 saturated carbocycles. The van der Waals surface area contributed by atoms with E-state index in [1.54, 1.807) is 0 Å². The summed E-state index contributed by atoms with van der Waals surface area (Å²) in [6, 6.07) is 1.06. The Bertz CT molecular complexity index is 350. The van der Waals surface area contributed by atoms with E-state index in [1.165, 1.54) is 6.92 Å². The smallest absolute Gasteiger partial charge is 0.768 e. The van der Waals surface area contributed by atoms with E-state index in [2.05, 4.69) is 0 Å². The van der Waals surface area contributed by atoms with Gasteiger partial charge in [0.05, 0.1) is 14.0 Å². The molecule has 13 heavy (non-hydrogen) atoms. The molecule has 1 heterocycles. The molecule has 5 nitrogen and oxygen atoms in total. The van der Waals surface area contributed by atoms with Crippen LogP contribution in [0.5, 0.6) is 0 Å². The zero-order valence-corrected chi connectivity index (χ0v) is 10.6. The predicted molar refractivity (Wildman–Crippen MR) is 42.9 cm³/mol. The Morgan fingerprint density at radius 2 is 2.15 bits per heavy atom. The molecule has 0 bridgehead atoms. The Balaban J connectivity index is 0.00000144. The first-order valence-electron chi connectivity index (χ1n) is 2.86. The number of thiophene rings is 1. The standard InChI is InChI=1S/C5H5NO4S2.Na/c1-3-4(6(7)8)2-5(11-3)12(9)10;/h2H,1H3,(H,9,10);/q;+1/p-1. The van der Waals surface area contributed by atoms with Crippen molar-refractivity contribution in [2.75, 3.05) is 0 Å². The van der Waals surface area contributed by atoms with Gasteiger partial charge >= 0.3 is 29.6 Å². The quantitative estimate of drug-likeness (QED) is 0.259. The Morgan fingerprint density at radius 1 is 1.62 bits per heavy atom. The van der Waals surface area contributed by atoms with E-state index >= 15 is 0 Å². The Kier molecular flexibility index (Phi) is 5.26. The molecule has 0 amide bonds. The third-order valence-corrected chi connectivity index (χ3v) is 3.17. The molecule has 66 valence electrons. The zero-order valence-electron chi connectivity index (χ0n) is 6.97. The number of nitrogens with zero attached hydrogens (tertiary/aromatic N) is 1. The molecule has 1 aromatic rings. The normalized spacial score (nSPS) is 11.8. The third kappa shape index (κ3) is 3.12. The summed E-state index contributed by atoms with van der Waals surface area (Å²) in [5.41, 5.74) is -0.140. The van der Waals surface area contributed by atoms with Gasteiger partial charge in [-0.05, 0) is 18.0 Å². The van der Waals surface area contributed by atoms with E-state index in [0.717, 1.165) is 17.4 Å². The van der Waals surface area contributed by atoms with Crippen LogP contribution < -0.4 is 29.6 Å². The van der Waals surface area contributed by atoms with Crippen LogP contribution in [0.4, 0.5) is 5.69 Å². The minimum atomic E-state index is -2.37. The van der Waals surface area contributed by atoms with Crippen LogP contribution in [-0.4, -0.2) is 13.7 Å². The summed E-state index contributed by atoms with van der Waals surface area (Å²) in [6.07, 6.45) is 0. The van der Waals surface area contributed by atoms with E-state index in [4.69, 9.17) is 0 Å². The molecule has 0 aromatic carbocycles. The molecule has 8 heteroatoms. The summed E-state index contributed by atoms with van der Waals surface area (Å²) in [5, 5.41) is 10.3. The van der Waals surface area contributed by atoms with Crippen LogP contribution in [0.3, 0.4) is 0 Å². The summed E-state index contributed by atoms with van der Waals surface area (Å²) < 4.78 is 20.8. The maximum atomic E-state index is 10.4. The van der Waals surface area contributed by atoms with Crippen molar-refractivity contribution in [3.63, 3.8) is 0 Å². The zero-order chi connectivity index (χ0) is 9.30. The summed E-state index contributed by atoms with van der Waals surface area (Å²) >= 11 is -1.47. The van der Waals surface area contributed by atoms with Crippen molar-refractivity contribution in [1.29, 1.82) is 0 Å². The maximum absolute atomic E-state index is 10.4. The first kappa shape index (κ1) is 13.2. The Hall–Kier alpha value is 0.210. The van der Waals surface area contributed by atoms with Crippen molar-refractivity contribution < 1.29 is 43.2 Å². The second-order valence-corrected chi connectivity index (χ2v) is 4.42. The molecular weight excluding hydrogens is 225 g/mol. The van der Waals surface area contributed by atoms with Crippen LogP contribution in [0.25, 0.3) is 0 Å². The molecule has 0 aliphatic heterocycles. The number of nitro groups is 1. The SMILES string of the molecule is Cc1sc(S(=O)[O-])cc1[N+](=O)[O-].[Na+]. The van der Waals surface area contributed by atoms with Gasteiger partial charge in [0.2, 0.25) is 0 Å². The number of hydrogen-bond acceptors (Lipinski definition) is 5. The van der Waals surface area contributed by atoms with Crippen molar-refractivity contribution in [3.05, 3.63) is 21.1 Å². The summed E-state index contributed by atoms with van der Waals surface area (Å²) in [6.45, 7) is 1.51. The molecule has 0 saturated heterocycles. The van der Waals surface area contributed by atoms with Crippen molar-refractivity contribution in [2.24, 2.45) is 0 Å². The Morgan fingerprint density at radius 3 is 2.38 bits per heavy atom. The molecule has 0 N–H and O–H groups in total. The van der Waals surface area contributed by atoms with E-state index in [1.807, 2.05) is 0 Å². The minimum Gasteiger partial charge on any atom is -0.768 e. The van der Waals surface area contributed by atoms with Gasteiger partial charge in [0, 0.05) is 6.07 Å². The molecule has 1 unspecified atom stereocenters. The topological polar surface area (TPSA) is 83.3 Å². The van der Waals surface area contributed by atoms with E-state index in [-0.39, 0.29) is 39.5 Å². The van der Waals surface area contributed by atoms with Crippen LogP contribution >= 0.6 is 11.3 Å². The van der Waals surface area contributed by atoms with Gasteiger partial charge in [0.25, 0.3) is 5.69 Å². The molecule has 1 rings (SSSR count). The summed E-state index contributed by atoms with van der Waals surface area (Å²) in [4.78, 5) is 10.1. The average molecular weight is 229 g/mol. The fourth-order valence-electron chi connectivity index (χ4n) is 0.709.